The molecule has 0 fully saturated rings. The van der Waals surface area contributed by atoms with Gasteiger partial charge in [0, 0.05) is 23.9 Å². The standard InChI is InChI=1S/C15H16N2O4S/c1-21-12-5-3-2-4-10(12)8-13(18)16-7-6-14-17-11(9-22-14)15(19)20/h2-5,9H,6-8H2,1H3,(H,16,18)(H,19,20). The molecule has 1 heterocycles. The topological polar surface area (TPSA) is 88.5 Å². The van der Waals surface area contributed by atoms with Crippen LogP contribution in [-0.4, -0.2) is 35.6 Å². The summed E-state index contributed by atoms with van der Waals surface area (Å²) in [5.41, 5.74) is 0.866. The average molecular weight is 320 g/mol. The average Bonchev–Trinajstić information content (AvgIpc) is 2.97. The zero-order chi connectivity index (χ0) is 15.9. The van der Waals surface area contributed by atoms with Crippen molar-refractivity contribution in [1.82, 2.24) is 10.3 Å². The van der Waals surface area contributed by atoms with Crippen LogP contribution < -0.4 is 10.1 Å². The van der Waals surface area contributed by atoms with E-state index >= 15 is 0 Å². The Morgan fingerprint density at radius 1 is 1.36 bits per heavy atom. The number of ether oxygens (including phenoxy) is 1. The van der Waals surface area contributed by atoms with Gasteiger partial charge in [-0.05, 0) is 6.07 Å². The van der Waals surface area contributed by atoms with Crippen molar-refractivity contribution in [3.05, 3.63) is 45.9 Å². The number of nitrogens with one attached hydrogen (secondary N) is 1. The minimum atomic E-state index is -1.04. The molecule has 0 atom stereocenters. The number of rotatable bonds is 7. The minimum absolute atomic E-state index is 0.0420. The molecule has 2 aromatic rings. The summed E-state index contributed by atoms with van der Waals surface area (Å²) in [6, 6.07) is 7.36. The molecule has 2 N–H and O–H groups in total. The van der Waals surface area contributed by atoms with E-state index < -0.39 is 5.97 Å². The predicted octanol–water partition coefficient (Wildman–Crippen LogP) is 1.75. The first-order valence-corrected chi connectivity index (χ1v) is 7.54. The van der Waals surface area contributed by atoms with Crippen molar-refractivity contribution in [2.45, 2.75) is 12.8 Å². The molecular weight excluding hydrogens is 304 g/mol. The van der Waals surface area contributed by atoms with E-state index in [0.717, 1.165) is 5.56 Å². The van der Waals surface area contributed by atoms with E-state index in [2.05, 4.69) is 10.3 Å². The van der Waals surface area contributed by atoms with E-state index in [-0.39, 0.29) is 18.0 Å². The van der Waals surface area contributed by atoms with Gasteiger partial charge in [0.25, 0.3) is 0 Å². The number of hydrogen-bond acceptors (Lipinski definition) is 5. The zero-order valence-electron chi connectivity index (χ0n) is 12.0. The van der Waals surface area contributed by atoms with Crippen molar-refractivity contribution in [2.24, 2.45) is 0 Å². The molecule has 0 aliphatic carbocycles. The van der Waals surface area contributed by atoms with Crippen LogP contribution in [0.3, 0.4) is 0 Å². The quantitative estimate of drug-likeness (QED) is 0.811. The van der Waals surface area contributed by atoms with Gasteiger partial charge in [-0.3, -0.25) is 4.79 Å². The highest BCUT2D eigenvalue weighted by molar-refractivity contribution is 7.09. The summed E-state index contributed by atoms with van der Waals surface area (Å²) in [6.07, 6.45) is 0.748. The summed E-state index contributed by atoms with van der Waals surface area (Å²) in [5.74, 6) is -0.467. The highest BCUT2D eigenvalue weighted by atomic mass is 32.1. The molecule has 0 bridgehead atoms. The summed E-state index contributed by atoms with van der Waals surface area (Å²) < 4.78 is 5.20. The predicted molar refractivity (Wildman–Crippen MR) is 82.5 cm³/mol. The molecule has 0 aliphatic rings. The molecule has 1 amide bonds. The van der Waals surface area contributed by atoms with Crippen LogP contribution in [-0.2, 0) is 17.6 Å². The molecule has 0 saturated carbocycles. The molecule has 6 nitrogen and oxygen atoms in total. The fourth-order valence-corrected chi connectivity index (χ4v) is 2.69. The number of para-hydroxylation sites is 1. The second-order valence-electron chi connectivity index (χ2n) is 4.52. The Balaban J connectivity index is 1.81. The van der Waals surface area contributed by atoms with Crippen LogP contribution in [0.5, 0.6) is 5.75 Å². The molecule has 0 spiro atoms. The van der Waals surface area contributed by atoms with E-state index in [4.69, 9.17) is 9.84 Å². The number of nitrogens with zero attached hydrogens (tertiary/aromatic N) is 1. The van der Waals surface area contributed by atoms with E-state index in [1.807, 2.05) is 24.3 Å². The highest BCUT2D eigenvalue weighted by Gasteiger charge is 2.10. The minimum Gasteiger partial charge on any atom is -0.496 e. The maximum absolute atomic E-state index is 11.9. The molecule has 0 radical (unpaired) electrons. The molecule has 116 valence electrons. The smallest absolute Gasteiger partial charge is 0.355 e. The molecule has 1 aromatic carbocycles. The van der Waals surface area contributed by atoms with Crippen molar-refractivity contribution in [3.8, 4) is 5.75 Å². The van der Waals surface area contributed by atoms with E-state index in [9.17, 15) is 9.59 Å². The molecule has 7 heteroatoms. The number of amides is 1. The lowest BCUT2D eigenvalue weighted by Crippen LogP contribution is -2.27. The number of hydrogen-bond donors (Lipinski definition) is 2. The summed E-state index contributed by atoms with van der Waals surface area (Å²) >= 11 is 1.28. The lowest BCUT2D eigenvalue weighted by Gasteiger charge is -2.08. The number of carbonyl (C=O) groups excluding carboxylic acids is 1. The summed E-state index contributed by atoms with van der Waals surface area (Å²) in [5, 5.41) is 13.8. The third kappa shape index (κ3) is 4.29. The van der Waals surface area contributed by atoms with Gasteiger partial charge < -0.3 is 15.2 Å². The maximum Gasteiger partial charge on any atom is 0.355 e. The first-order valence-electron chi connectivity index (χ1n) is 6.66. The van der Waals surface area contributed by atoms with E-state index in [0.29, 0.717) is 23.7 Å². The number of aromatic nitrogens is 1. The van der Waals surface area contributed by atoms with Crippen molar-refractivity contribution in [3.63, 3.8) is 0 Å². The van der Waals surface area contributed by atoms with Gasteiger partial charge in [-0.15, -0.1) is 11.3 Å². The number of carbonyl (C=O) groups is 2. The Morgan fingerprint density at radius 3 is 2.82 bits per heavy atom. The number of carboxylic acids is 1. The Labute approximate surface area is 131 Å². The summed E-state index contributed by atoms with van der Waals surface area (Å²) in [4.78, 5) is 26.6. The van der Waals surface area contributed by atoms with Crippen LogP contribution >= 0.6 is 11.3 Å². The van der Waals surface area contributed by atoms with Crippen LogP contribution in [0.15, 0.2) is 29.6 Å². The van der Waals surface area contributed by atoms with Gasteiger partial charge in [0.05, 0.1) is 18.5 Å². The Hall–Kier alpha value is -2.41. The van der Waals surface area contributed by atoms with E-state index in [1.165, 1.54) is 16.7 Å². The molecule has 2 rings (SSSR count). The SMILES string of the molecule is COc1ccccc1CC(=O)NCCc1nc(C(=O)O)cs1. The molecule has 1 aromatic heterocycles. The van der Waals surface area contributed by atoms with Crippen LogP contribution in [0.1, 0.15) is 21.1 Å². The third-order valence-corrected chi connectivity index (χ3v) is 3.88. The Kier molecular flexibility index (Phi) is 5.48. The second-order valence-corrected chi connectivity index (χ2v) is 5.46. The van der Waals surface area contributed by atoms with Crippen molar-refractivity contribution < 1.29 is 19.4 Å². The highest BCUT2D eigenvalue weighted by Crippen LogP contribution is 2.17. The Morgan fingerprint density at radius 2 is 2.14 bits per heavy atom. The number of benzene rings is 1. The fourth-order valence-electron chi connectivity index (χ4n) is 1.92. The monoisotopic (exact) mass is 320 g/mol. The van der Waals surface area contributed by atoms with Crippen LogP contribution in [0.4, 0.5) is 0 Å². The van der Waals surface area contributed by atoms with Gasteiger partial charge in [-0.2, -0.15) is 0 Å². The maximum atomic E-state index is 11.9. The summed E-state index contributed by atoms with van der Waals surface area (Å²) in [7, 11) is 1.57. The van der Waals surface area contributed by atoms with Crippen LogP contribution in [0, 0.1) is 0 Å². The lowest BCUT2D eigenvalue weighted by atomic mass is 10.1. The molecule has 0 aliphatic heterocycles. The number of thiazole rings is 1. The molecule has 22 heavy (non-hydrogen) atoms. The molecule has 0 saturated heterocycles. The number of methoxy groups -OCH3 is 1. The molecule has 0 unspecified atom stereocenters. The fraction of sp³-hybridized carbons (Fsp3) is 0.267. The second kappa shape index (κ2) is 7.56. The van der Waals surface area contributed by atoms with Crippen molar-refractivity contribution in [2.75, 3.05) is 13.7 Å². The zero-order valence-corrected chi connectivity index (χ0v) is 12.9. The first kappa shape index (κ1) is 16.0. The number of carboxylic acid groups (broad SMARTS) is 1. The van der Waals surface area contributed by atoms with Crippen molar-refractivity contribution >= 4 is 23.2 Å². The van der Waals surface area contributed by atoms with Gasteiger partial charge >= 0.3 is 5.97 Å². The first-order chi connectivity index (χ1) is 10.6. The number of aromatic carboxylic acids is 1. The van der Waals surface area contributed by atoms with Gasteiger partial charge in [0.15, 0.2) is 5.69 Å². The van der Waals surface area contributed by atoms with Gasteiger partial charge in [0.2, 0.25) is 5.91 Å². The van der Waals surface area contributed by atoms with Gasteiger partial charge in [-0.25, -0.2) is 9.78 Å². The normalized spacial score (nSPS) is 10.2. The van der Waals surface area contributed by atoms with Gasteiger partial charge in [-0.1, -0.05) is 18.2 Å². The van der Waals surface area contributed by atoms with Crippen LogP contribution in [0.25, 0.3) is 0 Å². The van der Waals surface area contributed by atoms with Crippen molar-refractivity contribution in [1.29, 1.82) is 0 Å². The third-order valence-electron chi connectivity index (χ3n) is 2.98. The lowest BCUT2D eigenvalue weighted by molar-refractivity contribution is -0.120. The van der Waals surface area contributed by atoms with Crippen LogP contribution in [0.2, 0.25) is 0 Å². The molecular formula is C15H16N2O4S. The summed E-state index contributed by atoms with van der Waals surface area (Å²) in [6.45, 7) is 0.417. The Bertz CT molecular complexity index is 669. The largest absolute Gasteiger partial charge is 0.496 e. The van der Waals surface area contributed by atoms with E-state index in [1.54, 1.807) is 7.11 Å². The van der Waals surface area contributed by atoms with Gasteiger partial charge in [0.1, 0.15) is 5.75 Å².